The predicted molar refractivity (Wildman–Crippen MR) is 103 cm³/mol. The number of nitrogens with zero attached hydrogens (tertiary/aromatic N) is 2. The molecule has 0 fully saturated rings. The molecule has 0 saturated carbocycles. The molecule has 0 saturated heterocycles. The quantitative estimate of drug-likeness (QED) is 0.646. The minimum absolute atomic E-state index is 0.143. The van der Waals surface area contributed by atoms with Crippen LogP contribution >= 0.6 is 0 Å². The molecule has 5 nitrogen and oxygen atoms in total. The molecule has 4 rings (SSSR count). The maximum Gasteiger partial charge on any atom is 0.252 e. The molecule has 1 aliphatic rings. The monoisotopic (exact) mass is 358 g/mol. The number of carbonyl (C=O) groups is 1. The van der Waals surface area contributed by atoms with E-state index in [0.29, 0.717) is 18.1 Å². The van der Waals surface area contributed by atoms with Crippen molar-refractivity contribution in [3.05, 3.63) is 90.1 Å². The van der Waals surface area contributed by atoms with Gasteiger partial charge in [-0.2, -0.15) is 0 Å². The molecule has 1 amide bonds. The summed E-state index contributed by atoms with van der Waals surface area (Å²) in [7, 11) is 0. The lowest BCUT2D eigenvalue weighted by Gasteiger charge is -2.20. The molecule has 0 aliphatic carbocycles. The van der Waals surface area contributed by atoms with Crippen LogP contribution in [-0.4, -0.2) is 17.7 Å². The Morgan fingerprint density at radius 1 is 1.00 bits per heavy atom. The van der Waals surface area contributed by atoms with Gasteiger partial charge in [-0.25, -0.2) is 4.98 Å². The normalized spacial score (nSPS) is 12.3. The highest BCUT2D eigenvalue weighted by Gasteiger charge is 2.16. The minimum atomic E-state index is -0.143. The summed E-state index contributed by atoms with van der Waals surface area (Å²) in [5.41, 5.74) is 1.90. The van der Waals surface area contributed by atoms with Gasteiger partial charge in [0.05, 0.1) is 6.54 Å². The Balaban J connectivity index is 1.56. The Labute approximate surface area is 157 Å². The second-order valence-electron chi connectivity index (χ2n) is 6.04. The van der Waals surface area contributed by atoms with Gasteiger partial charge < -0.3 is 9.47 Å². The second-order valence-corrected chi connectivity index (χ2v) is 6.04. The van der Waals surface area contributed by atoms with E-state index in [1.807, 2.05) is 66.7 Å². The largest absolute Gasteiger partial charge is 0.454 e. The molecule has 2 aromatic carbocycles. The third-order valence-electron chi connectivity index (χ3n) is 4.19. The van der Waals surface area contributed by atoms with Crippen molar-refractivity contribution in [2.75, 3.05) is 11.7 Å². The van der Waals surface area contributed by atoms with Gasteiger partial charge >= 0.3 is 0 Å². The van der Waals surface area contributed by atoms with E-state index in [9.17, 15) is 4.79 Å². The third kappa shape index (κ3) is 3.98. The zero-order chi connectivity index (χ0) is 18.5. The number of hydrogen-bond donors (Lipinski definition) is 0. The van der Waals surface area contributed by atoms with Crippen molar-refractivity contribution in [3.63, 3.8) is 0 Å². The Kier molecular flexibility index (Phi) is 4.83. The van der Waals surface area contributed by atoms with E-state index < -0.39 is 0 Å². The standard InChI is InChI=1S/C22H18N2O3/c25-22(12-10-17-9-11-19-20(14-17)27-16-26-19)24(21-8-4-5-13-23-21)15-18-6-2-1-3-7-18/h1-14H,15-16H2/b12-10+. The lowest BCUT2D eigenvalue weighted by Crippen LogP contribution is -2.29. The maximum absolute atomic E-state index is 12.9. The molecule has 0 N–H and O–H groups in total. The van der Waals surface area contributed by atoms with Gasteiger partial charge in [0.1, 0.15) is 5.82 Å². The summed E-state index contributed by atoms with van der Waals surface area (Å²) in [4.78, 5) is 18.9. The summed E-state index contributed by atoms with van der Waals surface area (Å²) in [6.45, 7) is 0.675. The summed E-state index contributed by atoms with van der Waals surface area (Å²) < 4.78 is 10.7. The first-order valence-electron chi connectivity index (χ1n) is 8.64. The van der Waals surface area contributed by atoms with Crippen LogP contribution in [0.15, 0.2) is 79.0 Å². The number of ether oxygens (including phenoxy) is 2. The zero-order valence-electron chi connectivity index (χ0n) is 14.6. The number of hydrogen-bond acceptors (Lipinski definition) is 4. The molecule has 0 radical (unpaired) electrons. The molecule has 27 heavy (non-hydrogen) atoms. The van der Waals surface area contributed by atoms with Crippen molar-refractivity contribution in [1.82, 2.24) is 4.98 Å². The van der Waals surface area contributed by atoms with E-state index >= 15 is 0 Å². The summed E-state index contributed by atoms with van der Waals surface area (Å²) in [5, 5.41) is 0. The molecule has 134 valence electrons. The Morgan fingerprint density at radius 3 is 2.63 bits per heavy atom. The van der Waals surface area contributed by atoms with Gasteiger partial charge in [-0.3, -0.25) is 9.69 Å². The number of aromatic nitrogens is 1. The van der Waals surface area contributed by atoms with Crippen LogP contribution in [0.25, 0.3) is 6.08 Å². The van der Waals surface area contributed by atoms with Crippen LogP contribution in [-0.2, 0) is 11.3 Å². The molecule has 2 heterocycles. The van der Waals surface area contributed by atoms with Gasteiger partial charge in [0, 0.05) is 12.3 Å². The van der Waals surface area contributed by atoms with Crippen LogP contribution in [0.2, 0.25) is 0 Å². The van der Waals surface area contributed by atoms with Gasteiger partial charge in [0.2, 0.25) is 6.79 Å². The van der Waals surface area contributed by atoms with Crippen molar-refractivity contribution >= 4 is 17.8 Å². The van der Waals surface area contributed by atoms with Gasteiger partial charge in [0.25, 0.3) is 5.91 Å². The fourth-order valence-electron chi connectivity index (χ4n) is 2.83. The second kappa shape index (κ2) is 7.74. The van der Waals surface area contributed by atoms with Gasteiger partial charge in [-0.15, -0.1) is 0 Å². The molecule has 5 heteroatoms. The van der Waals surface area contributed by atoms with Crippen LogP contribution in [0.3, 0.4) is 0 Å². The fraction of sp³-hybridized carbons (Fsp3) is 0.0909. The molecular formula is C22H18N2O3. The average molecular weight is 358 g/mol. The van der Waals surface area contributed by atoms with E-state index in [1.54, 1.807) is 23.2 Å². The Hall–Kier alpha value is -3.60. The summed E-state index contributed by atoms with van der Waals surface area (Å²) in [6, 6.07) is 21.0. The highest BCUT2D eigenvalue weighted by Crippen LogP contribution is 2.32. The number of benzene rings is 2. The molecule has 3 aromatic rings. The van der Waals surface area contributed by atoms with Crippen molar-refractivity contribution in [2.24, 2.45) is 0 Å². The number of fused-ring (bicyclic) bond motifs is 1. The topological polar surface area (TPSA) is 51.7 Å². The van der Waals surface area contributed by atoms with E-state index in [0.717, 1.165) is 16.9 Å². The summed E-state index contributed by atoms with van der Waals surface area (Å²) in [5.74, 6) is 1.88. The van der Waals surface area contributed by atoms with Crippen molar-refractivity contribution in [2.45, 2.75) is 6.54 Å². The van der Waals surface area contributed by atoms with E-state index in [2.05, 4.69) is 4.98 Å². The third-order valence-corrected chi connectivity index (χ3v) is 4.19. The first-order chi connectivity index (χ1) is 13.3. The number of anilines is 1. The molecular weight excluding hydrogens is 340 g/mol. The van der Waals surface area contributed by atoms with Crippen LogP contribution in [0, 0.1) is 0 Å². The summed E-state index contributed by atoms with van der Waals surface area (Å²) >= 11 is 0. The Morgan fingerprint density at radius 2 is 1.81 bits per heavy atom. The number of rotatable bonds is 5. The number of amides is 1. The molecule has 0 atom stereocenters. The minimum Gasteiger partial charge on any atom is -0.454 e. The van der Waals surface area contributed by atoms with Crippen LogP contribution in [0.4, 0.5) is 5.82 Å². The first kappa shape index (κ1) is 16.8. The number of carbonyl (C=O) groups excluding carboxylic acids is 1. The summed E-state index contributed by atoms with van der Waals surface area (Å²) in [6.07, 6.45) is 5.00. The van der Waals surface area contributed by atoms with Gasteiger partial charge in [-0.05, 0) is 41.5 Å². The molecule has 1 aromatic heterocycles. The molecule has 0 spiro atoms. The average Bonchev–Trinajstić information content (AvgIpc) is 3.19. The lowest BCUT2D eigenvalue weighted by molar-refractivity contribution is -0.114. The SMILES string of the molecule is O=C(/C=C/c1ccc2c(c1)OCO2)N(Cc1ccccc1)c1ccccn1. The van der Waals surface area contributed by atoms with E-state index in [4.69, 9.17) is 9.47 Å². The molecule has 1 aliphatic heterocycles. The highest BCUT2D eigenvalue weighted by atomic mass is 16.7. The van der Waals surface area contributed by atoms with Crippen LogP contribution < -0.4 is 14.4 Å². The van der Waals surface area contributed by atoms with Crippen LogP contribution in [0.5, 0.6) is 11.5 Å². The first-order valence-corrected chi connectivity index (χ1v) is 8.64. The fourth-order valence-corrected chi connectivity index (χ4v) is 2.83. The highest BCUT2D eigenvalue weighted by molar-refractivity contribution is 6.03. The van der Waals surface area contributed by atoms with Crippen LogP contribution in [0.1, 0.15) is 11.1 Å². The number of pyridine rings is 1. The van der Waals surface area contributed by atoms with E-state index in [-0.39, 0.29) is 12.7 Å². The smallest absolute Gasteiger partial charge is 0.252 e. The lowest BCUT2D eigenvalue weighted by atomic mass is 10.1. The molecule has 0 unspecified atom stereocenters. The van der Waals surface area contributed by atoms with Crippen molar-refractivity contribution in [1.29, 1.82) is 0 Å². The van der Waals surface area contributed by atoms with E-state index in [1.165, 1.54) is 0 Å². The predicted octanol–water partition coefficient (Wildman–Crippen LogP) is 4.06. The van der Waals surface area contributed by atoms with Gasteiger partial charge in [0.15, 0.2) is 11.5 Å². The molecule has 0 bridgehead atoms. The maximum atomic E-state index is 12.9. The Bertz CT molecular complexity index is 956. The van der Waals surface area contributed by atoms with Crippen molar-refractivity contribution < 1.29 is 14.3 Å². The van der Waals surface area contributed by atoms with Crippen molar-refractivity contribution in [3.8, 4) is 11.5 Å². The van der Waals surface area contributed by atoms with Gasteiger partial charge in [-0.1, -0.05) is 42.5 Å². The zero-order valence-corrected chi connectivity index (χ0v) is 14.6.